The zero-order chi connectivity index (χ0) is 21.3. The summed E-state index contributed by atoms with van der Waals surface area (Å²) in [6.07, 6.45) is 3.46. The fourth-order valence-corrected chi connectivity index (χ4v) is 4.87. The normalized spacial score (nSPS) is 31.5. The average Bonchev–Trinajstić information content (AvgIpc) is 3.33. The predicted octanol–water partition coefficient (Wildman–Crippen LogP) is 2.46. The second-order valence-corrected chi connectivity index (χ2v) is 8.05. The van der Waals surface area contributed by atoms with Crippen molar-refractivity contribution < 1.29 is 24.4 Å². The van der Waals surface area contributed by atoms with Gasteiger partial charge in [-0.15, -0.1) is 0 Å². The van der Waals surface area contributed by atoms with Gasteiger partial charge in [-0.05, 0) is 42.3 Å². The molecule has 0 spiro atoms. The lowest BCUT2D eigenvalue weighted by atomic mass is 9.73. The summed E-state index contributed by atoms with van der Waals surface area (Å²) in [7, 11) is 0. The maximum absolute atomic E-state index is 13.2. The zero-order valence-corrected chi connectivity index (χ0v) is 16.0. The molecule has 0 aromatic heterocycles. The first-order chi connectivity index (χ1) is 14.3. The maximum Gasteiger partial charge on any atom is 0.269 e. The van der Waals surface area contributed by atoms with Gasteiger partial charge in [-0.3, -0.25) is 19.7 Å². The number of rotatable bonds is 4. The molecule has 5 rings (SSSR count). The van der Waals surface area contributed by atoms with Crippen molar-refractivity contribution in [1.82, 2.24) is 0 Å². The molecule has 3 aliphatic heterocycles. The summed E-state index contributed by atoms with van der Waals surface area (Å²) in [6, 6.07) is 13.0. The topological polar surface area (TPSA) is 110 Å². The van der Waals surface area contributed by atoms with Crippen LogP contribution >= 0.6 is 0 Å². The fraction of sp³-hybridized carbons (Fsp3) is 0.273. The first-order valence-corrected chi connectivity index (χ1v) is 9.54. The Bertz CT molecular complexity index is 1110. The second kappa shape index (κ2) is 6.07. The van der Waals surface area contributed by atoms with Crippen molar-refractivity contribution in [2.45, 2.75) is 18.1 Å². The molecule has 1 N–H and O–H groups in total. The number of amides is 2. The van der Waals surface area contributed by atoms with E-state index in [0.29, 0.717) is 5.69 Å². The van der Waals surface area contributed by atoms with E-state index < -0.39 is 28.0 Å². The highest BCUT2D eigenvalue weighted by Gasteiger charge is 2.72. The highest BCUT2D eigenvalue weighted by Crippen LogP contribution is 2.57. The van der Waals surface area contributed by atoms with Gasteiger partial charge in [0.1, 0.15) is 5.60 Å². The van der Waals surface area contributed by atoms with Crippen molar-refractivity contribution >= 4 is 23.2 Å². The lowest BCUT2D eigenvalue weighted by Gasteiger charge is -2.27. The minimum Gasteiger partial charge on any atom is -0.393 e. The molecule has 2 amide bonds. The van der Waals surface area contributed by atoms with Gasteiger partial charge in [0, 0.05) is 12.1 Å². The van der Waals surface area contributed by atoms with Crippen molar-refractivity contribution in [2.75, 3.05) is 11.5 Å². The molecular formula is C22H18N2O6. The standard InChI is InChI=1S/C22H18N2O6/c1-21-10-11-22(12-25,30-21)18-17(21)19(26)23(20(18)27)15-6-2-13(3-7-15)14-4-8-16(9-5-14)24(28)29/h2-11,17-18,25H,12H2,1H3/t17-,18-,21-,22-/m0/s1. The Hall–Kier alpha value is -3.36. The Balaban J connectivity index is 1.45. The van der Waals surface area contributed by atoms with Crippen LogP contribution in [0.5, 0.6) is 0 Å². The molecule has 8 nitrogen and oxygen atoms in total. The van der Waals surface area contributed by atoms with Crippen LogP contribution in [0.3, 0.4) is 0 Å². The minimum atomic E-state index is -1.15. The first-order valence-electron chi connectivity index (χ1n) is 9.54. The van der Waals surface area contributed by atoms with Crippen LogP contribution in [0.1, 0.15) is 6.92 Å². The molecule has 2 aromatic rings. The molecule has 0 radical (unpaired) electrons. The number of non-ortho nitro benzene ring substituents is 1. The number of nitro benzene ring substituents is 1. The number of aliphatic hydroxyl groups is 1. The molecule has 8 heteroatoms. The molecule has 152 valence electrons. The number of ether oxygens (including phenoxy) is 1. The third kappa shape index (κ3) is 2.34. The third-order valence-electron chi connectivity index (χ3n) is 6.34. The number of nitro groups is 1. The number of imide groups is 1. The van der Waals surface area contributed by atoms with Crippen molar-refractivity contribution in [1.29, 1.82) is 0 Å². The fourth-order valence-electron chi connectivity index (χ4n) is 4.87. The van der Waals surface area contributed by atoms with E-state index in [1.54, 1.807) is 55.5 Å². The summed E-state index contributed by atoms with van der Waals surface area (Å²) in [4.78, 5) is 37.8. The largest absolute Gasteiger partial charge is 0.393 e. The van der Waals surface area contributed by atoms with Crippen molar-refractivity contribution in [2.24, 2.45) is 11.8 Å². The maximum atomic E-state index is 13.2. The smallest absolute Gasteiger partial charge is 0.269 e. The van der Waals surface area contributed by atoms with E-state index in [2.05, 4.69) is 0 Å². The second-order valence-electron chi connectivity index (χ2n) is 8.05. The van der Waals surface area contributed by atoms with Gasteiger partial charge in [-0.2, -0.15) is 0 Å². The van der Waals surface area contributed by atoms with Crippen molar-refractivity contribution in [3.05, 3.63) is 70.8 Å². The molecular weight excluding hydrogens is 388 g/mol. The SMILES string of the molecule is C[C@@]12C=C[C@@](CO)(O1)[C@@H]1C(=O)N(c3ccc(-c4ccc([N+](=O)[O-])cc4)cc3)C(=O)[C@H]12. The van der Waals surface area contributed by atoms with Crippen LogP contribution in [-0.2, 0) is 14.3 Å². The highest BCUT2D eigenvalue weighted by atomic mass is 16.6. The summed E-state index contributed by atoms with van der Waals surface area (Å²) in [5, 5.41) is 20.7. The van der Waals surface area contributed by atoms with Gasteiger partial charge < -0.3 is 9.84 Å². The molecule has 2 aromatic carbocycles. The number of hydrogen-bond acceptors (Lipinski definition) is 6. The molecule has 3 aliphatic rings. The zero-order valence-electron chi connectivity index (χ0n) is 16.0. The van der Waals surface area contributed by atoms with Crippen molar-refractivity contribution in [3.8, 4) is 11.1 Å². The van der Waals surface area contributed by atoms with Gasteiger partial charge >= 0.3 is 0 Å². The number of carbonyl (C=O) groups excluding carboxylic acids is 2. The lowest BCUT2D eigenvalue weighted by Crippen LogP contribution is -2.43. The van der Waals surface area contributed by atoms with Gasteiger partial charge in [0.15, 0.2) is 0 Å². The van der Waals surface area contributed by atoms with Crippen LogP contribution < -0.4 is 4.90 Å². The molecule has 2 bridgehead atoms. The van der Waals surface area contributed by atoms with E-state index >= 15 is 0 Å². The van der Waals surface area contributed by atoms with Gasteiger partial charge in [-0.1, -0.05) is 24.3 Å². The van der Waals surface area contributed by atoms with E-state index in [4.69, 9.17) is 4.74 Å². The number of fused-ring (bicyclic) bond motifs is 5. The number of benzene rings is 2. The van der Waals surface area contributed by atoms with Crippen LogP contribution in [0.25, 0.3) is 11.1 Å². The van der Waals surface area contributed by atoms with Gasteiger partial charge in [0.05, 0.1) is 34.7 Å². The Kier molecular flexibility index (Phi) is 3.77. The quantitative estimate of drug-likeness (QED) is 0.361. The molecule has 0 unspecified atom stereocenters. The van der Waals surface area contributed by atoms with Crippen LogP contribution in [0, 0.1) is 22.0 Å². The molecule has 2 saturated heterocycles. The summed E-state index contributed by atoms with van der Waals surface area (Å²) >= 11 is 0. The molecule has 2 fully saturated rings. The van der Waals surface area contributed by atoms with E-state index in [-0.39, 0.29) is 24.1 Å². The Morgan fingerprint density at radius 2 is 1.57 bits per heavy atom. The Morgan fingerprint density at radius 3 is 2.13 bits per heavy atom. The lowest BCUT2D eigenvalue weighted by molar-refractivity contribution is -0.384. The molecule has 0 saturated carbocycles. The monoisotopic (exact) mass is 406 g/mol. The number of carbonyl (C=O) groups is 2. The van der Waals surface area contributed by atoms with Crippen molar-refractivity contribution in [3.63, 3.8) is 0 Å². The number of anilines is 1. The van der Waals surface area contributed by atoms with Crippen LogP contribution in [0.15, 0.2) is 60.7 Å². The van der Waals surface area contributed by atoms with Gasteiger partial charge in [-0.25, -0.2) is 4.90 Å². The van der Waals surface area contributed by atoms with Gasteiger partial charge in [0.2, 0.25) is 11.8 Å². The third-order valence-corrected chi connectivity index (χ3v) is 6.34. The minimum absolute atomic E-state index is 0.00642. The summed E-state index contributed by atoms with van der Waals surface area (Å²) in [5.74, 6) is -2.14. The molecule has 30 heavy (non-hydrogen) atoms. The van der Waals surface area contributed by atoms with E-state index in [1.807, 2.05) is 0 Å². The van der Waals surface area contributed by atoms with Crippen LogP contribution in [0.4, 0.5) is 11.4 Å². The van der Waals surface area contributed by atoms with E-state index in [1.165, 1.54) is 17.0 Å². The van der Waals surface area contributed by atoms with E-state index in [9.17, 15) is 24.8 Å². The number of aliphatic hydroxyl groups excluding tert-OH is 1. The summed E-state index contributed by atoms with van der Waals surface area (Å²) < 4.78 is 5.91. The van der Waals surface area contributed by atoms with Crippen LogP contribution in [0.2, 0.25) is 0 Å². The van der Waals surface area contributed by atoms with Gasteiger partial charge in [0.25, 0.3) is 5.69 Å². The molecule has 0 aliphatic carbocycles. The van der Waals surface area contributed by atoms with Crippen LogP contribution in [-0.4, -0.2) is 39.7 Å². The number of nitrogens with zero attached hydrogens (tertiary/aromatic N) is 2. The molecule has 3 heterocycles. The Morgan fingerprint density at radius 1 is 1.00 bits per heavy atom. The highest BCUT2D eigenvalue weighted by molar-refractivity contribution is 6.23. The predicted molar refractivity (Wildman–Crippen MR) is 106 cm³/mol. The molecule has 4 atom stereocenters. The number of hydrogen-bond donors (Lipinski definition) is 1. The first kappa shape index (κ1) is 18.7. The average molecular weight is 406 g/mol. The summed E-state index contributed by atoms with van der Waals surface area (Å²) in [5.41, 5.74) is -0.0249. The van der Waals surface area contributed by atoms with E-state index in [0.717, 1.165) is 11.1 Å². The summed E-state index contributed by atoms with van der Waals surface area (Å²) in [6.45, 7) is 1.39. The Labute approximate surface area is 171 Å².